The van der Waals surface area contributed by atoms with Gasteiger partial charge >= 0.3 is 5.97 Å². The number of rotatable bonds is 1. The Bertz CT molecular complexity index is 636. The molecule has 0 aliphatic carbocycles. The predicted molar refractivity (Wildman–Crippen MR) is 98.7 cm³/mol. The van der Waals surface area contributed by atoms with Crippen molar-refractivity contribution in [2.24, 2.45) is 0 Å². The minimum atomic E-state index is -0.664. The van der Waals surface area contributed by atoms with Crippen molar-refractivity contribution in [2.45, 2.75) is 95.7 Å². The van der Waals surface area contributed by atoms with E-state index in [0.29, 0.717) is 24.8 Å². The summed E-state index contributed by atoms with van der Waals surface area (Å²) in [6.07, 6.45) is 5.52. The van der Waals surface area contributed by atoms with Crippen LogP contribution in [0.15, 0.2) is 22.8 Å². The number of fused-ring (bicyclic) bond motifs is 3. The van der Waals surface area contributed by atoms with Crippen LogP contribution in [0.2, 0.25) is 0 Å². The standard InChI is InChI=1S/C21H32O5/c1-13-6-7-18-21(4,24-5)11-9-17(22)20(3,26-18)10-8-15-14(2)19(23)25-16(15)12-13/h12,16-18,22H,6-11H2,1-5H3. The summed E-state index contributed by atoms with van der Waals surface area (Å²) >= 11 is 0. The van der Waals surface area contributed by atoms with E-state index in [-0.39, 0.29) is 18.2 Å². The molecule has 0 aromatic carbocycles. The number of hydrogen-bond donors (Lipinski definition) is 1. The average molecular weight is 364 g/mol. The molecule has 5 atom stereocenters. The number of methoxy groups -OCH3 is 1. The molecule has 3 aliphatic heterocycles. The van der Waals surface area contributed by atoms with Crippen LogP contribution in [0.1, 0.15) is 66.2 Å². The molecule has 2 bridgehead atoms. The number of carbonyl (C=O) groups excluding carboxylic acids is 1. The van der Waals surface area contributed by atoms with Gasteiger partial charge in [0.25, 0.3) is 0 Å². The zero-order valence-corrected chi connectivity index (χ0v) is 16.6. The highest BCUT2D eigenvalue weighted by Gasteiger charge is 2.47. The molecule has 26 heavy (non-hydrogen) atoms. The van der Waals surface area contributed by atoms with Gasteiger partial charge in [0.05, 0.1) is 23.4 Å². The molecule has 5 nitrogen and oxygen atoms in total. The molecule has 0 radical (unpaired) electrons. The van der Waals surface area contributed by atoms with Crippen molar-refractivity contribution in [2.75, 3.05) is 7.11 Å². The lowest BCUT2D eigenvalue weighted by Crippen LogP contribution is -2.48. The van der Waals surface area contributed by atoms with Crippen molar-refractivity contribution in [1.82, 2.24) is 0 Å². The van der Waals surface area contributed by atoms with E-state index >= 15 is 0 Å². The Balaban J connectivity index is 1.98. The maximum atomic E-state index is 12.0. The van der Waals surface area contributed by atoms with Gasteiger partial charge in [-0.3, -0.25) is 0 Å². The van der Waals surface area contributed by atoms with Crippen LogP contribution in [0.4, 0.5) is 0 Å². The third-order valence-corrected chi connectivity index (χ3v) is 6.67. The summed E-state index contributed by atoms with van der Waals surface area (Å²) in [6, 6.07) is 0. The van der Waals surface area contributed by atoms with E-state index in [1.54, 1.807) is 7.11 Å². The van der Waals surface area contributed by atoms with E-state index in [1.807, 2.05) is 13.8 Å². The fourth-order valence-corrected chi connectivity index (χ4v) is 4.41. The molecule has 0 aromatic heterocycles. The Morgan fingerprint density at radius 3 is 2.62 bits per heavy atom. The summed E-state index contributed by atoms with van der Waals surface area (Å²) in [5.74, 6) is -0.233. The molecule has 0 aromatic rings. The van der Waals surface area contributed by atoms with Gasteiger partial charge in [0.2, 0.25) is 0 Å². The van der Waals surface area contributed by atoms with Crippen LogP contribution in [0.3, 0.4) is 0 Å². The van der Waals surface area contributed by atoms with Gasteiger partial charge in [-0.15, -0.1) is 0 Å². The Labute approximate surface area is 156 Å². The van der Waals surface area contributed by atoms with Gasteiger partial charge in [-0.2, -0.15) is 0 Å². The molecule has 1 N–H and O–H groups in total. The molecular weight excluding hydrogens is 332 g/mol. The maximum absolute atomic E-state index is 12.0. The molecule has 1 fully saturated rings. The first-order valence-corrected chi connectivity index (χ1v) is 9.67. The number of ether oxygens (including phenoxy) is 3. The third kappa shape index (κ3) is 3.49. The highest BCUT2D eigenvalue weighted by atomic mass is 16.6. The molecule has 3 aliphatic rings. The van der Waals surface area contributed by atoms with Crippen LogP contribution in [-0.2, 0) is 19.0 Å². The van der Waals surface area contributed by atoms with Crippen molar-refractivity contribution >= 4 is 5.97 Å². The minimum absolute atomic E-state index is 0.0893. The number of hydrogen-bond acceptors (Lipinski definition) is 5. The summed E-state index contributed by atoms with van der Waals surface area (Å²) in [5.41, 5.74) is 1.82. The topological polar surface area (TPSA) is 65.0 Å². The quantitative estimate of drug-likeness (QED) is 0.570. The Hall–Kier alpha value is -1.17. The number of allylic oxidation sites excluding steroid dienone is 1. The van der Waals surface area contributed by atoms with Crippen molar-refractivity contribution in [3.8, 4) is 0 Å². The Morgan fingerprint density at radius 1 is 1.19 bits per heavy atom. The molecule has 0 spiro atoms. The summed E-state index contributed by atoms with van der Waals surface area (Å²) in [5, 5.41) is 10.8. The molecule has 5 unspecified atom stereocenters. The largest absolute Gasteiger partial charge is 0.450 e. The molecule has 0 amide bonds. The fourth-order valence-electron chi connectivity index (χ4n) is 4.41. The summed E-state index contributed by atoms with van der Waals surface area (Å²) in [7, 11) is 1.73. The van der Waals surface area contributed by atoms with Gasteiger partial charge in [0.15, 0.2) is 0 Å². The monoisotopic (exact) mass is 364 g/mol. The SMILES string of the molecule is COC1(C)CCC(O)C2(C)CCC3=C(C)C(=O)OC3C=C(C)CCC1O2. The fraction of sp³-hybridized carbons (Fsp3) is 0.762. The Kier molecular flexibility index (Phi) is 5.35. The highest BCUT2D eigenvalue weighted by Crippen LogP contribution is 2.42. The van der Waals surface area contributed by atoms with Gasteiger partial charge in [0, 0.05) is 12.7 Å². The van der Waals surface area contributed by atoms with Crippen molar-refractivity contribution < 1.29 is 24.1 Å². The van der Waals surface area contributed by atoms with Crippen LogP contribution >= 0.6 is 0 Å². The summed E-state index contributed by atoms with van der Waals surface area (Å²) in [6.45, 7) is 7.98. The van der Waals surface area contributed by atoms with Crippen LogP contribution in [0.25, 0.3) is 0 Å². The third-order valence-electron chi connectivity index (χ3n) is 6.67. The molecule has 146 valence electrons. The Morgan fingerprint density at radius 2 is 1.92 bits per heavy atom. The number of aliphatic hydroxyl groups excluding tert-OH is 1. The second-order valence-electron chi connectivity index (χ2n) is 8.52. The first-order chi connectivity index (χ1) is 12.2. The lowest BCUT2D eigenvalue weighted by molar-refractivity contribution is -0.187. The van der Waals surface area contributed by atoms with Gasteiger partial charge < -0.3 is 19.3 Å². The van der Waals surface area contributed by atoms with E-state index in [0.717, 1.165) is 24.8 Å². The second kappa shape index (κ2) is 7.10. The second-order valence-corrected chi connectivity index (χ2v) is 8.52. The summed E-state index contributed by atoms with van der Waals surface area (Å²) < 4.78 is 18.0. The molecule has 3 rings (SSSR count). The van der Waals surface area contributed by atoms with Crippen LogP contribution in [0, 0.1) is 0 Å². The number of aliphatic hydroxyl groups is 1. The normalized spacial score (nSPS) is 41.7. The summed E-state index contributed by atoms with van der Waals surface area (Å²) in [4.78, 5) is 12.0. The molecular formula is C21H32O5. The zero-order chi connectivity index (χ0) is 19.1. The van der Waals surface area contributed by atoms with E-state index < -0.39 is 17.3 Å². The highest BCUT2D eigenvalue weighted by molar-refractivity contribution is 5.92. The van der Waals surface area contributed by atoms with Gasteiger partial charge in [-0.05, 0) is 77.9 Å². The van der Waals surface area contributed by atoms with Gasteiger partial charge in [-0.1, -0.05) is 5.57 Å². The number of carbonyl (C=O) groups is 1. The smallest absolute Gasteiger partial charge is 0.334 e. The zero-order valence-electron chi connectivity index (χ0n) is 16.6. The number of esters is 1. The van der Waals surface area contributed by atoms with Crippen LogP contribution in [0.5, 0.6) is 0 Å². The maximum Gasteiger partial charge on any atom is 0.334 e. The van der Waals surface area contributed by atoms with Gasteiger partial charge in [-0.25, -0.2) is 4.79 Å². The van der Waals surface area contributed by atoms with Crippen LogP contribution < -0.4 is 0 Å². The first-order valence-electron chi connectivity index (χ1n) is 9.67. The van der Waals surface area contributed by atoms with Crippen molar-refractivity contribution in [3.63, 3.8) is 0 Å². The molecule has 0 saturated carbocycles. The van der Waals surface area contributed by atoms with Crippen LogP contribution in [-0.4, -0.2) is 47.7 Å². The first kappa shape index (κ1) is 19.6. The van der Waals surface area contributed by atoms with Gasteiger partial charge in [0.1, 0.15) is 6.10 Å². The predicted octanol–water partition coefficient (Wildman–Crippen LogP) is 3.45. The minimum Gasteiger partial charge on any atom is -0.450 e. The van der Waals surface area contributed by atoms with E-state index in [2.05, 4.69) is 19.9 Å². The lowest BCUT2D eigenvalue weighted by atomic mass is 9.85. The van der Waals surface area contributed by atoms with E-state index in [4.69, 9.17) is 14.2 Å². The van der Waals surface area contributed by atoms with Crippen molar-refractivity contribution in [1.29, 1.82) is 0 Å². The molecule has 3 heterocycles. The molecule has 1 saturated heterocycles. The van der Waals surface area contributed by atoms with E-state index in [1.165, 1.54) is 5.57 Å². The lowest BCUT2D eigenvalue weighted by Gasteiger charge is -2.40. The molecule has 5 heteroatoms. The van der Waals surface area contributed by atoms with E-state index in [9.17, 15) is 9.90 Å². The van der Waals surface area contributed by atoms with Crippen molar-refractivity contribution in [3.05, 3.63) is 22.8 Å². The average Bonchev–Trinajstić information content (AvgIpc) is 2.80.